The standard InChI is InChI=1S/C21H31F2N5O/c1-2-3-4-5-6-7-8-9-10-11-14-28-20(25-26-27-28)16-21(29)24-19-13-12-17(22)15-18(19)23/h12-13,15H,2-11,14,16H2,1H3,(H,24,29). The molecule has 1 amide bonds. The highest BCUT2D eigenvalue weighted by atomic mass is 19.1. The molecule has 0 spiro atoms. The molecule has 1 aromatic heterocycles. The lowest BCUT2D eigenvalue weighted by atomic mass is 10.1. The number of carbonyl (C=O) groups excluding carboxylic acids is 1. The van der Waals surface area contributed by atoms with Gasteiger partial charge in [-0.05, 0) is 29.0 Å². The van der Waals surface area contributed by atoms with Crippen molar-refractivity contribution in [2.75, 3.05) is 5.32 Å². The first-order valence-corrected chi connectivity index (χ1v) is 10.6. The summed E-state index contributed by atoms with van der Waals surface area (Å²) in [6, 6.07) is 3.01. The van der Waals surface area contributed by atoms with E-state index in [1.165, 1.54) is 57.4 Å². The quantitative estimate of drug-likeness (QED) is 0.445. The van der Waals surface area contributed by atoms with Gasteiger partial charge in [0.05, 0.1) is 12.1 Å². The number of rotatable bonds is 14. The second kappa shape index (κ2) is 13.0. The van der Waals surface area contributed by atoms with Crippen LogP contribution in [0.2, 0.25) is 0 Å². The molecule has 0 saturated carbocycles. The van der Waals surface area contributed by atoms with Crippen LogP contribution in [0.15, 0.2) is 18.2 Å². The van der Waals surface area contributed by atoms with Gasteiger partial charge in [-0.3, -0.25) is 4.79 Å². The number of tetrazole rings is 1. The zero-order valence-electron chi connectivity index (χ0n) is 17.2. The Labute approximate surface area is 171 Å². The normalized spacial score (nSPS) is 11.0. The van der Waals surface area contributed by atoms with Crippen LogP contribution in [0, 0.1) is 11.6 Å². The monoisotopic (exact) mass is 407 g/mol. The topological polar surface area (TPSA) is 72.7 Å². The van der Waals surface area contributed by atoms with E-state index in [-0.39, 0.29) is 12.1 Å². The predicted molar refractivity (Wildman–Crippen MR) is 108 cm³/mol. The Morgan fingerprint density at radius 2 is 1.66 bits per heavy atom. The zero-order valence-corrected chi connectivity index (χ0v) is 17.2. The Kier molecular flexibility index (Phi) is 10.2. The molecule has 0 aliphatic carbocycles. The molecule has 1 aromatic carbocycles. The molecule has 0 radical (unpaired) electrons. The van der Waals surface area contributed by atoms with E-state index in [9.17, 15) is 13.6 Å². The first kappa shape index (κ1) is 22.9. The van der Waals surface area contributed by atoms with Crippen molar-refractivity contribution in [3.63, 3.8) is 0 Å². The Bertz CT molecular complexity index is 750. The maximum atomic E-state index is 13.6. The number of hydrogen-bond donors (Lipinski definition) is 1. The molecule has 0 fully saturated rings. The molecular weight excluding hydrogens is 376 g/mol. The number of amides is 1. The van der Waals surface area contributed by atoms with E-state index < -0.39 is 17.5 Å². The van der Waals surface area contributed by atoms with E-state index in [1.807, 2.05) is 0 Å². The maximum absolute atomic E-state index is 13.6. The number of unbranched alkanes of at least 4 members (excludes halogenated alkanes) is 9. The number of nitrogens with zero attached hydrogens (tertiary/aromatic N) is 4. The third kappa shape index (κ3) is 8.66. The molecule has 0 bridgehead atoms. The minimum absolute atomic E-state index is 0.0647. The summed E-state index contributed by atoms with van der Waals surface area (Å²) in [6.45, 7) is 2.88. The molecule has 8 heteroatoms. The summed E-state index contributed by atoms with van der Waals surface area (Å²) in [7, 11) is 0. The maximum Gasteiger partial charge on any atom is 0.232 e. The molecule has 1 heterocycles. The molecule has 0 aliphatic heterocycles. The number of halogens is 2. The van der Waals surface area contributed by atoms with E-state index >= 15 is 0 Å². The van der Waals surface area contributed by atoms with Crippen LogP contribution in [-0.2, 0) is 17.8 Å². The van der Waals surface area contributed by atoms with Crippen LogP contribution in [0.25, 0.3) is 0 Å². The second-order valence-corrected chi connectivity index (χ2v) is 7.35. The first-order valence-electron chi connectivity index (χ1n) is 10.6. The van der Waals surface area contributed by atoms with Crippen LogP contribution in [0.1, 0.15) is 77.0 Å². The number of aromatic nitrogens is 4. The van der Waals surface area contributed by atoms with Gasteiger partial charge in [0.15, 0.2) is 5.82 Å². The molecule has 2 aromatic rings. The number of nitrogens with one attached hydrogen (secondary N) is 1. The Hall–Kier alpha value is -2.38. The summed E-state index contributed by atoms with van der Waals surface area (Å²) >= 11 is 0. The number of benzene rings is 1. The van der Waals surface area contributed by atoms with Crippen molar-refractivity contribution in [2.24, 2.45) is 0 Å². The Morgan fingerprint density at radius 1 is 1.00 bits per heavy atom. The average Bonchev–Trinajstić information content (AvgIpc) is 3.12. The van der Waals surface area contributed by atoms with Crippen molar-refractivity contribution in [1.82, 2.24) is 20.2 Å². The Balaban J connectivity index is 1.65. The van der Waals surface area contributed by atoms with Crippen LogP contribution >= 0.6 is 0 Å². The number of aryl methyl sites for hydroxylation is 1. The van der Waals surface area contributed by atoms with Gasteiger partial charge < -0.3 is 5.32 Å². The lowest BCUT2D eigenvalue weighted by molar-refractivity contribution is -0.115. The van der Waals surface area contributed by atoms with Gasteiger partial charge in [0.1, 0.15) is 11.6 Å². The molecule has 2 rings (SSSR count). The molecule has 160 valence electrons. The van der Waals surface area contributed by atoms with Crippen LogP contribution < -0.4 is 5.32 Å². The molecule has 29 heavy (non-hydrogen) atoms. The van der Waals surface area contributed by atoms with Gasteiger partial charge in [-0.2, -0.15) is 0 Å². The van der Waals surface area contributed by atoms with Gasteiger partial charge in [0.25, 0.3) is 0 Å². The van der Waals surface area contributed by atoms with E-state index in [0.29, 0.717) is 12.4 Å². The van der Waals surface area contributed by atoms with Gasteiger partial charge in [0, 0.05) is 12.6 Å². The fourth-order valence-corrected chi connectivity index (χ4v) is 3.20. The minimum Gasteiger partial charge on any atom is -0.323 e. The summed E-state index contributed by atoms with van der Waals surface area (Å²) in [6.07, 6.45) is 12.3. The number of hydrogen-bond acceptors (Lipinski definition) is 4. The number of carbonyl (C=O) groups is 1. The molecule has 0 unspecified atom stereocenters. The molecule has 0 saturated heterocycles. The van der Waals surface area contributed by atoms with Crippen molar-refractivity contribution < 1.29 is 13.6 Å². The van der Waals surface area contributed by atoms with Crippen LogP contribution in [0.5, 0.6) is 0 Å². The van der Waals surface area contributed by atoms with Gasteiger partial charge in [-0.15, -0.1) is 5.10 Å². The van der Waals surface area contributed by atoms with Gasteiger partial charge in [-0.25, -0.2) is 13.5 Å². The van der Waals surface area contributed by atoms with Crippen LogP contribution in [-0.4, -0.2) is 26.1 Å². The first-order chi connectivity index (χ1) is 14.1. The van der Waals surface area contributed by atoms with Crippen molar-refractivity contribution in [2.45, 2.75) is 84.1 Å². The minimum atomic E-state index is -0.816. The fraction of sp³-hybridized carbons (Fsp3) is 0.619. The van der Waals surface area contributed by atoms with Crippen molar-refractivity contribution in [3.8, 4) is 0 Å². The summed E-state index contributed by atoms with van der Waals surface area (Å²) < 4.78 is 28.2. The predicted octanol–water partition coefficient (Wildman–Crippen LogP) is 5.05. The van der Waals surface area contributed by atoms with E-state index in [0.717, 1.165) is 25.0 Å². The van der Waals surface area contributed by atoms with Gasteiger partial charge in [-0.1, -0.05) is 64.7 Å². The molecule has 1 N–H and O–H groups in total. The van der Waals surface area contributed by atoms with Gasteiger partial charge >= 0.3 is 0 Å². The third-order valence-corrected chi connectivity index (χ3v) is 4.85. The SMILES string of the molecule is CCCCCCCCCCCCn1nnnc1CC(=O)Nc1ccc(F)cc1F. The largest absolute Gasteiger partial charge is 0.323 e. The third-order valence-electron chi connectivity index (χ3n) is 4.85. The lowest BCUT2D eigenvalue weighted by Crippen LogP contribution is -2.19. The van der Waals surface area contributed by atoms with Crippen molar-refractivity contribution in [3.05, 3.63) is 35.7 Å². The molecular formula is C21H31F2N5O. The second-order valence-electron chi connectivity index (χ2n) is 7.35. The van der Waals surface area contributed by atoms with Gasteiger partial charge in [0.2, 0.25) is 5.91 Å². The summed E-state index contributed by atoms with van der Waals surface area (Å²) in [5, 5.41) is 13.9. The fourth-order valence-electron chi connectivity index (χ4n) is 3.20. The average molecular weight is 408 g/mol. The van der Waals surface area contributed by atoms with Crippen molar-refractivity contribution >= 4 is 11.6 Å². The van der Waals surface area contributed by atoms with E-state index in [1.54, 1.807) is 4.68 Å². The van der Waals surface area contributed by atoms with E-state index in [2.05, 4.69) is 27.8 Å². The highest BCUT2D eigenvalue weighted by molar-refractivity contribution is 5.91. The highest BCUT2D eigenvalue weighted by Gasteiger charge is 2.13. The molecule has 0 atom stereocenters. The highest BCUT2D eigenvalue weighted by Crippen LogP contribution is 2.15. The summed E-state index contributed by atoms with van der Waals surface area (Å²) in [4.78, 5) is 12.1. The summed E-state index contributed by atoms with van der Waals surface area (Å²) in [5.74, 6) is -1.53. The van der Waals surface area contributed by atoms with Crippen molar-refractivity contribution in [1.29, 1.82) is 0 Å². The summed E-state index contributed by atoms with van der Waals surface area (Å²) in [5.41, 5.74) is -0.0647. The smallest absolute Gasteiger partial charge is 0.232 e. The zero-order chi connectivity index (χ0) is 20.9. The van der Waals surface area contributed by atoms with Crippen LogP contribution in [0.4, 0.5) is 14.5 Å². The Morgan fingerprint density at radius 3 is 2.31 bits per heavy atom. The lowest BCUT2D eigenvalue weighted by Gasteiger charge is -2.07. The number of anilines is 1. The molecule has 6 nitrogen and oxygen atoms in total. The van der Waals surface area contributed by atoms with E-state index in [4.69, 9.17) is 0 Å². The molecule has 0 aliphatic rings. The van der Waals surface area contributed by atoms with Crippen LogP contribution in [0.3, 0.4) is 0 Å².